The Morgan fingerprint density at radius 2 is 0.943 bits per heavy atom. The number of ketones is 2. The van der Waals surface area contributed by atoms with Gasteiger partial charge in [-0.2, -0.15) is 0 Å². The third-order valence-corrected chi connectivity index (χ3v) is 5.53. The molecule has 0 atom stereocenters. The van der Waals surface area contributed by atoms with Crippen molar-refractivity contribution in [3.63, 3.8) is 0 Å². The average molecular weight is 463 g/mol. The quantitative estimate of drug-likeness (QED) is 0.295. The number of urea groups is 1. The second kappa shape index (κ2) is 11.6. The van der Waals surface area contributed by atoms with E-state index in [9.17, 15) is 14.4 Å². The summed E-state index contributed by atoms with van der Waals surface area (Å²) in [5.74, 6) is 0.135. The molecule has 0 aromatic heterocycles. The molecule has 2 N–H and O–H groups in total. The maximum absolute atomic E-state index is 12.7. The molecule has 0 aliphatic heterocycles. The number of nitrogens with one attached hydrogen (secondary N) is 2. The number of hydrogen-bond donors (Lipinski definition) is 2. The first kappa shape index (κ1) is 23.6. The normalized spacial score (nSPS) is 10.4. The van der Waals surface area contributed by atoms with Crippen LogP contribution in [0.4, 0.5) is 16.2 Å². The van der Waals surface area contributed by atoms with E-state index in [-0.39, 0.29) is 24.0 Å². The lowest BCUT2D eigenvalue weighted by Gasteiger charge is -2.08. The number of amides is 2. The van der Waals surface area contributed by atoms with Crippen LogP contribution in [0.2, 0.25) is 0 Å². The number of anilines is 2. The monoisotopic (exact) mass is 462 g/mol. The van der Waals surface area contributed by atoms with Gasteiger partial charge in [0.2, 0.25) is 0 Å². The molecule has 174 valence electrons. The molecule has 5 heteroatoms. The smallest absolute Gasteiger partial charge is 0.308 e. The van der Waals surface area contributed by atoms with Crippen molar-refractivity contribution in [2.45, 2.75) is 19.3 Å². The number of carbonyl (C=O) groups is 3. The first-order valence-corrected chi connectivity index (χ1v) is 11.4. The molecule has 0 unspecified atom stereocenters. The van der Waals surface area contributed by atoms with E-state index in [2.05, 4.69) is 10.6 Å². The molecule has 35 heavy (non-hydrogen) atoms. The van der Waals surface area contributed by atoms with E-state index in [1.165, 1.54) is 0 Å². The zero-order valence-corrected chi connectivity index (χ0v) is 19.2. The number of benzene rings is 4. The minimum atomic E-state index is -0.331. The average Bonchev–Trinajstić information content (AvgIpc) is 2.87. The van der Waals surface area contributed by atoms with Crippen LogP contribution in [0.5, 0.6) is 0 Å². The van der Waals surface area contributed by atoms with Crippen molar-refractivity contribution >= 4 is 29.0 Å². The maximum atomic E-state index is 12.7. The van der Waals surface area contributed by atoms with E-state index in [1.807, 2.05) is 84.9 Å². The summed E-state index contributed by atoms with van der Waals surface area (Å²) in [7, 11) is 0. The minimum absolute atomic E-state index is 0.00491. The zero-order chi connectivity index (χ0) is 24.5. The molecule has 0 saturated heterocycles. The van der Waals surface area contributed by atoms with Gasteiger partial charge in [-0.3, -0.25) is 9.59 Å². The summed E-state index contributed by atoms with van der Waals surface area (Å²) in [5, 5.41) is 5.54. The lowest BCUT2D eigenvalue weighted by molar-refractivity contribution is -0.117. The molecule has 0 bridgehead atoms. The fourth-order valence-corrected chi connectivity index (χ4v) is 3.73. The van der Waals surface area contributed by atoms with Gasteiger partial charge in [0.15, 0.2) is 5.78 Å². The summed E-state index contributed by atoms with van der Waals surface area (Å²) in [5.41, 5.74) is 4.70. The molecule has 0 spiro atoms. The Balaban J connectivity index is 1.27. The van der Waals surface area contributed by atoms with Crippen molar-refractivity contribution in [1.29, 1.82) is 0 Å². The number of Topliss-reactive ketones (excluding diaryl/α,β-unsaturated/α-hetero) is 2. The summed E-state index contributed by atoms with van der Waals surface area (Å²) in [6, 6.07) is 33.0. The molecule has 4 aromatic carbocycles. The molecular formula is C30H26N2O3. The standard InChI is InChI=1S/C30H26N2O3/c33-28(19-22-7-3-1-4-8-22)20-23-11-15-25(16-12-23)29(34)21-24-13-17-27(18-14-24)32-30(35)31-26-9-5-2-6-10-26/h1-18H,19-21H2,(H2,31,32,35). The van der Waals surface area contributed by atoms with Crippen molar-refractivity contribution in [3.05, 3.63) is 131 Å². The number of rotatable bonds is 9. The van der Waals surface area contributed by atoms with Gasteiger partial charge in [-0.1, -0.05) is 84.9 Å². The Kier molecular flexibility index (Phi) is 7.81. The van der Waals surface area contributed by atoms with E-state index >= 15 is 0 Å². The summed E-state index contributed by atoms with van der Waals surface area (Å²) in [4.78, 5) is 37.2. The highest BCUT2D eigenvalue weighted by molar-refractivity contribution is 6.00. The van der Waals surface area contributed by atoms with Gasteiger partial charge >= 0.3 is 6.03 Å². The van der Waals surface area contributed by atoms with Crippen LogP contribution in [0, 0.1) is 0 Å². The Labute approximate surface area is 204 Å². The molecule has 0 aliphatic carbocycles. The van der Waals surface area contributed by atoms with Crippen LogP contribution in [-0.2, 0) is 24.1 Å². The lowest BCUT2D eigenvalue weighted by Crippen LogP contribution is -2.19. The first-order chi connectivity index (χ1) is 17.0. The minimum Gasteiger partial charge on any atom is -0.308 e. The largest absolute Gasteiger partial charge is 0.323 e. The predicted octanol–water partition coefficient (Wildman–Crippen LogP) is 6.11. The summed E-state index contributed by atoms with van der Waals surface area (Å²) in [6.07, 6.45) is 0.999. The van der Waals surface area contributed by atoms with Crippen LogP contribution < -0.4 is 10.6 Å². The van der Waals surface area contributed by atoms with E-state index < -0.39 is 0 Å². The van der Waals surface area contributed by atoms with E-state index in [0.717, 1.165) is 16.7 Å². The second-order valence-electron chi connectivity index (χ2n) is 8.32. The maximum Gasteiger partial charge on any atom is 0.323 e. The van der Waals surface area contributed by atoms with Gasteiger partial charge in [-0.05, 0) is 41.0 Å². The zero-order valence-electron chi connectivity index (χ0n) is 19.2. The van der Waals surface area contributed by atoms with Crippen molar-refractivity contribution in [2.75, 3.05) is 10.6 Å². The number of hydrogen-bond acceptors (Lipinski definition) is 3. The van der Waals surface area contributed by atoms with Gasteiger partial charge in [0, 0.05) is 36.2 Å². The van der Waals surface area contributed by atoms with Gasteiger partial charge in [0.05, 0.1) is 0 Å². The lowest BCUT2D eigenvalue weighted by atomic mass is 9.99. The third-order valence-electron chi connectivity index (χ3n) is 5.53. The molecule has 0 radical (unpaired) electrons. The summed E-state index contributed by atoms with van der Waals surface area (Å²) in [6.45, 7) is 0. The fraction of sp³-hybridized carbons (Fsp3) is 0.100. The van der Waals surface area contributed by atoms with Crippen molar-refractivity contribution in [3.8, 4) is 0 Å². The number of para-hydroxylation sites is 1. The number of carbonyl (C=O) groups excluding carboxylic acids is 3. The van der Waals surface area contributed by atoms with Crippen molar-refractivity contribution in [1.82, 2.24) is 0 Å². The van der Waals surface area contributed by atoms with E-state index in [0.29, 0.717) is 29.8 Å². The van der Waals surface area contributed by atoms with Crippen LogP contribution in [0.25, 0.3) is 0 Å². The molecule has 4 rings (SSSR count). The van der Waals surface area contributed by atoms with Crippen LogP contribution >= 0.6 is 0 Å². The van der Waals surface area contributed by atoms with E-state index in [4.69, 9.17) is 0 Å². The molecule has 0 saturated carbocycles. The third kappa shape index (κ3) is 7.24. The van der Waals surface area contributed by atoms with Crippen LogP contribution in [0.3, 0.4) is 0 Å². The van der Waals surface area contributed by atoms with Gasteiger partial charge in [0.1, 0.15) is 5.78 Å². The first-order valence-electron chi connectivity index (χ1n) is 11.4. The molecule has 0 fully saturated rings. The van der Waals surface area contributed by atoms with Gasteiger partial charge in [-0.15, -0.1) is 0 Å². The molecule has 5 nitrogen and oxygen atoms in total. The fourth-order valence-electron chi connectivity index (χ4n) is 3.73. The Morgan fingerprint density at radius 3 is 1.54 bits per heavy atom. The van der Waals surface area contributed by atoms with Crippen molar-refractivity contribution < 1.29 is 14.4 Å². The van der Waals surface area contributed by atoms with Crippen LogP contribution in [0.15, 0.2) is 109 Å². The molecule has 0 heterocycles. The summed E-state index contributed by atoms with van der Waals surface area (Å²) < 4.78 is 0. The SMILES string of the molecule is O=C(Cc1ccccc1)Cc1ccc(C(=O)Cc2ccc(NC(=O)Nc3ccccc3)cc2)cc1. The predicted molar refractivity (Wildman–Crippen MR) is 139 cm³/mol. The molecular weight excluding hydrogens is 436 g/mol. The molecule has 4 aromatic rings. The van der Waals surface area contributed by atoms with Gasteiger partial charge < -0.3 is 10.6 Å². The van der Waals surface area contributed by atoms with Gasteiger partial charge in [0.25, 0.3) is 0 Å². The summed E-state index contributed by atoms with van der Waals surface area (Å²) >= 11 is 0. The second-order valence-corrected chi connectivity index (χ2v) is 8.32. The highest BCUT2D eigenvalue weighted by Gasteiger charge is 2.10. The molecule has 2 amide bonds. The Morgan fingerprint density at radius 1 is 0.486 bits per heavy atom. The van der Waals surface area contributed by atoms with Gasteiger partial charge in [-0.25, -0.2) is 4.79 Å². The van der Waals surface area contributed by atoms with E-state index in [1.54, 1.807) is 24.3 Å². The topological polar surface area (TPSA) is 75.3 Å². The Hall–Kier alpha value is -4.51. The van der Waals surface area contributed by atoms with Crippen LogP contribution in [0.1, 0.15) is 27.0 Å². The molecule has 0 aliphatic rings. The van der Waals surface area contributed by atoms with Crippen molar-refractivity contribution in [2.24, 2.45) is 0 Å². The highest BCUT2D eigenvalue weighted by Crippen LogP contribution is 2.15. The highest BCUT2D eigenvalue weighted by atomic mass is 16.2. The van der Waals surface area contributed by atoms with Crippen LogP contribution in [-0.4, -0.2) is 17.6 Å². The Bertz CT molecular complexity index is 1280.